The van der Waals surface area contributed by atoms with E-state index in [2.05, 4.69) is 5.16 Å². The molecule has 104 valence electrons. The number of amidine groups is 1. The molecule has 0 heterocycles. The normalized spacial score (nSPS) is 11.7. The summed E-state index contributed by atoms with van der Waals surface area (Å²) in [4.78, 5) is 13.4. The minimum Gasteiger partial charge on any atom is -0.409 e. The first-order valence-electron chi connectivity index (χ1n) is 5.59. The summed E-state index contributed by atoms with van der Waals surface area (Å²) in [5.41, 5.74) is 5.08. The third kappa shape index (κ3) is 3.64. The molecular weight excluding hydrogens is 256 g/mol. The van der Waals surface area contributed by atoms with E-state index >= 15 is 0 Å². The number of benzene rings is 1. The van der Waals surface area contributed by atoms with Gasteiger partial charge in [0.1, 0.15) is 11.6 Å². The number of halogens is 2. The molecule has 19 heavy (non-hydrogen) atoms. The molecule has 0 saturated carbocycles. The van der Waals surface area contributed by atoms with E-state index in [9.17, 15) is 13.6 Å². The van der Waals surface area contributed by atoms with Crippen LogP contribution >= 0.6 is 0 Å². The highest BCUT2D eigenvalue weighted by molar-refractivity contribution is 5.97. The fourth-order valence-electron chi connectivity index (χ4n) is 1.51. The molecule has 0 spiro atoms. The quantitative estimate of drug-likeness (QED) is 0.377. The molecule has 3 N–H and O–H groups in total. The fourth-order valence-corrected chi connectivity index (χ4v) is 1.51. The lowest BCUT2D eigenvalue weighted by Crippen LogP contribution is -2.43. The maximum absolute atomic E-state index is 13.5. The molecule has 0 fully saturated rings. The summed E-state index contributed by atoms with van der Waals surface area (Å²) in [6.07, 6.45) is 0. The van der Waals surface area contributed by atoms with Gasteiger partial charge in [-0.25, -0.2) is 8.78 Å². The molecule has 0 atom stereocenters. The van der Waals surface area contributed by atoms with Crippen molar-refractivity contribution in [1.29, 1.82) is 0 Å². The molecule has 0 bridgehead atoms. The van der Waals surface area contributed by atoms with Gasteiger partial charge in [-0.15, -0.1) is 0 Å². The molecule has 1 aromatic rings. The van der Waals surface area contributed by atoms with Gasteiger partial charge in [0.25, 0.3) is 5.91 Å². The van der Waals surface area contributed by atoms with Crippen molar-refractivity contribution >= 4 is 11.7 Å². The van der Waals surface area contributed by atoms with Crippen molar-refractivity contribution in [2.24, 2.45) is 10.9 Å². The number of nitrogens with two attached hydrogens (primary N) is 1. The van der Waals surface area contributed by atoms with Gasteiger partial charge in [0.05, 0.1) is 12.1 Å². The SMILES string of the molecule is CC(C)N(CC(N)=NO)C(=O)c1ccc(F)cc1F. The Morgan fingerprint density at radius 3 is 2.58 bits per heavy atom. The second kappa shape index (κ2) is 6.12. The smallest absolute Gasteiger partial charge is 0.257 e. The second-order valence-electron chi connectivity index (χ2n) is 4.24. The lowest BCUT2D eigenvalue weighted by molar-refractivity contribution is 0.0729. The predicted molar refractivity (Wildman–Crippen MR) is 65.9 cm³/mol. The van der Waals surface area contributed by atoms with E-state index in [1.165, 1.54) is 4.90 Å². The molecule has 0 unspecified atom stereocenters. The summed E-state index contributed by atoms with van der Waals surface area (Å²) in [5, 5.41) is 11.3. The van der Waals surface area contributed by atoms with Gasteiger partial charge in [0.2, 0.25) is 0 Å². The number of carbonyl (C=O) groups is 1. The van der Waals surface area contributed by atoms with Crippen LogP contribution in [-0.4, -0.2) is 34.4 Å². The molecule has 7 heteroatoms. The van der Waals surface area contributed by atoms with Crippen molar-refractivity contribution in [1.82, 2.24) is 4.90 Å². The second-order valence-corrected chi connectivity index (χ2v) is 4.24. The van der Waals surface area contributed by atoms with Crippen molar-refractivity contribution < 1.29 is 18.8 Å². The summed E-state index contributed by atoms with van der Waals surface area (Å²) in [6.45, 7) is 3.25. The summed E-state index contributed by atoms with van der Waals surface area (Å²) in [7, 11) is 0. The Morgan fingerprint density at radius 2 is 2.11 bits per heavy atom. The van der Waals surface area contributed by atoms with Crippen molar-refractivity contribution in [3.8, 4) is 0 Å². The first-order chi connectivity index (χ1) is 8.86. The summed E-state index contributed by atoms with van der Waals surface area (Å²) in [5.74, 6) is -2.54. The third-order valence-corrected chi connectivity index (χ3v) is 2.51. The van der Waals surface area contributed by atoms with Crippen LogP contribution in [0.1, 0.15) is 24.2 Å². The molecular formula is C12H15F2N3O2. The van der Waals surface area contributed by atoms with Gasteiger partial charge in [0, 0.05) is 12.1 Å². The highest BCUT2D eigenvalue weighted by Crippen LogP contribution is 2.14. The molecule has 0 radical (unpaired) electrons. The topological polar surface area (TPSA) is 78.9 Å². The fraction of sp³-hybridized carbons (Fsp3) is 0.333. The number of nitrogens with zero attached hydrogens (tertiary/aromatic N) is 2. The van der Waals surface area contributed by atoms with E-state index in [0.29, 0.717) is 6.07 Å². The number of carbonyl (C=O) groups excluding carboxylic acids is 1. The minimum atomic E-state index is -0.949. The molecule has 1 rings (SSSR count). The molecule has 1 amide bonds. The Morgan fingerprint density at radius 1 is 1.47 bits per heavy atom. The molecule has 0 saturated heterocycles. The van der Waals surface area contributed by atoms with Gasteiger partial charge in [-0.2, -0.15) is 0 Å². The molecule has 5 nitrogen and oxygen atoms in total. The van der Waals surface area contributed by atoms with E-state index < -0.39 is 17.5 Å². The van der Waals surface area contributed by atoms with Crippen LogP contribution in [0.15, 0.2) is 23.4 Å². The number of hydrogen-bond acceptors (Lipinski definition) is 3. The summed E-state index contributed by atoms with van der Waals surface area (Å²) >= 11 is 0. The van der Waals surface area contributed by atoms with Crippen molar-refractivity contribution in [3.05, 3.63) is 35.4 Å². The third-order valence-electron chi connectivity index (χ3n) is 2.51. The largest absolute Gasteiger partial charge is 0.409 e. The Labute approximate surface area is 109 Å². The van der Waals surface area contributed by atoms with Crippen molar-refractivity contribution in [2.45, 2.75) is 19.9 Å². The van der Waals surface area contributed by atoms with Crippen LogP contribution in [0.2, 0.25) is 0 Å². The Bertz CT molecular complexity index is 504. The average Bonchev–Trinajstić information content (AvgIpc) is 2.34. The molecule has 0 aliphatic rings. The first-order valence-corrected chi connectivity index (χ1v) is 5.59. The number of rotatable bonds is 4. The maximum atomic E-state index is 13.5. The average molecular weight is 271 g/mol. The minimum absolute atomic E-state index is 0.149. The van der Waals surface area contributed by atoms with Crippen LogP contribution in [-0.2, 0) is 0 Å². The van der Waals surface area contributed by atoms with Crippen LogP contribution in [0.25, 0.3) is 0 Å². The van der Waals surface area contributed by atoms with Crippen LogP contribution in [0.3, 0.4) is 0 Å². The zero-order valence-corrected chi connectivity index (χ0v) is 10.6. The van der Waals surface area contributed by atoms with Gasteiger partial charge in [0.15, 0.2) is 5.84 Å². The van der Waals surface area contributed by atoms with Crippen LogP contribution in [0.4, 0.5) is 8.78 Å². The van der Waals surface area contributed by atoms with E-state index in [1.54, 1.807) is 13.8 Å². The standard InChI is InChI=1S/C12H15F2N3O2/c1-7(2)17(6-11(15)16-19)12(18)9-4-3-8(13)5-10(9)14/h3-5,7,19H,6H2,1-2H3,(H2,15,16). The lowest BCUT2D eigenvalue weighted by Gasteiger charge is -2.26. The maximum Gasteiger partial charge on any atom is 0.257 e. The van der Waals surface area contributed by atoms with Crippen LogP contribution in [0, 0.1) is 11.6 Å². The van der Waals surface area contributed by atoms with Gasteiger partial charge in [-0.1, -0.05) is 5.16 Å². The van der Waals surface area contributed by atoms with Gasteiger partial charge < -0.3 is 15.8 Å². The lowest BCUT2D eigenvalue weighted by atomic mass is 10.1. The highest BCUT2D eigenvalue weighted by Gasteiger charge is 2.22. The van der Waals surface area contributed by atoms with E-state index in [4.69, 9.17) is 10.9 Å². The molecule has 0 aromatic heterocycles. The van der Waals surface area contributed by atoms with Crippen molar-refractivity contribution in [3.63, 3.8) is 0 Å². The van der Waals surface area contributed by atoms with E-state index in [-0.39, 0.29) is 24.0 Å². The first kappa shape index (κ1) is 14.9. The predicted octanol–water partition coefficient (Wildman–Crippen LogP) is 1.56. The highest BCUT2D eigenvalue weighted by atomic mass is 19.1. The Kier molecular flexibility index (Phi) is 4.80. The van der Waals surface area contributed by atoms with Gasteiger partial charge in [-0.05, 0) is 26.0 Å². The summed E-state index contributed by atoms with van der Waals surface area (Å²) < 4.78 is 26.3. The zero-order chi connectivity index (χ0) is 14.6. The van der Waals surface area contributed by atoms with Gasteiger partial charge in [-0.3, -0.25) is 4.79 Å². The molecule has 0 aliphatic heterocycles. The zero-order valence-electron chi connectivity index (χ0n) is 10.6. The van der Waals surface area contributed by atoms with E-state index in [1.807, 2.05) is 0 Å². The number of amides is 1. The van der Waals surface area contributed by atoms with Gasteiger partial charge >= 0.3 is 0 Å². The summed E-state index contributed by atoms with van der Waals surface area (Å²) in [6, 6.07) is 2.40. The monoisotopic (exact) mass is 271 g/mol. The van der Waals surface area contributed by atoms with Crippen LogP contribution in [0.5, 0.6) is 0 Å². The number of oxime groups is 1. The van der Waals surface area contributed by atoms with Crippen LogP contribution < -0.4 is 5.73 Å². The van der Waals surface area contributed by atoms with Crippen molar-refractivity contribution in [2.75, 3.05) is 6.54 Å². The molecule has 0 aliphatic carbocycles. The Balaban J connectivity index is 3.06. The number of hydrogen-bond donors (Lipinski definition) is 2. The Hall–Kier alpha value is -2.18. The van der Waals surface area contributed by atoms with E-state index in [0.717, 1.165) is 12.1 Å². The molecule has 1 aromatic carbocycles.